The third-order valence-electron chi connectivity index (χ3n) is 1.30. The Hall–Kier alpha value is -0.870. The molecule has 0 radical (unpaired) electrons. The fraction of sp³-hybridized carbons (Fsp3) is 0.333. The Balaban J connectivity index is 2.96. The van der Waals surface area contributed by atoms with Gasteiger partial charge in [-0.15, -0.1) is 0 Å². The molecular weight excluding hydrogens is 164 g/mol. The Morgan fingerprint density at radius 3 is 2.82 bits per heavy atom. The zero-order valence-electron chi connectivity index (χ0n) is 5.92. The second-order valence-electron chi connectivity index (χ2n) is 2.06. The van der Waals surface area contributed by atoms with Crippen molar-refractivity contribution in [2.45, 2.75) is 6.42 Å². The summed E-state index contributed by atoms with van der Waals surface area (Å²) in [5.41, 5.74) is 12.0. The predicted molar refractivity (Wildman–Crippen MR) is 44.2 cm³/mol. The summed E-state index contributed by atoms with van der Waals surface area (Å²) in [6, 6.07) is 0. The Bertz CT molecular complexity index is 250. The highest BCUT2D eigenvalue weighted by Crippen LogP contribution is 2.17. The number of hydrogen-bond donors (Lipinski definition) is 2. The number of nitrogens with two attached hydrogens (primary N) is 2. The number of nitrogens with zero attached hydrogens (tertiary/aromatic N) is 2. The number of hydrogen-bond acceptors (Lipinski definition) is 4. The van der Waals surface area contributed by atoms with Crippen molar-refractivity contribution in [3.63, 3.8) is 0 Å². The van der Waals surface area contributed by atoms with Gasteiger partial charge in [-0.05, 0) is 6.54 Å². The van der Waals surface area contributed by atoms with Crippen LogP contribution in [0.15, 0.2) is 6.33 Å². The standard InChI is InChI=1S/C6H9ClN4/c7-6-5(9)4(1-2-8)10-3-11-6/h3H,1-2,8-9H2. The molecule has 4 nitrogen and oxygen atoms in total. The highest BCUT2D eigenvalue weighted by Gasteiger charge is 2.03. The van der Waals surface area contributed by atoms with E-state index >= 15 is 0 Å². The molecule has 0 saturated heterocycles. The van der Waals surface area contributed by atoms with Crippen molar-refractivity contribution in [1.82, 2.24) is 9.97 Å². The minimum Gasteiger partial charge on any atom is -0.395 e. The van der Waals surface area contributed by atoms with E-state index in [1.807, 2.05) is 0 Å². The summed E-state index contributed by atoms with van der Waals surface area (Å²) in [5.74, 6) is 0. The quantitative estimate of drug-likeness (QED) is 0.626. The molecule has 1 heterocycles. The van der Waals surface area contributed by atoms with E-state index < -0.39 is 0 Å². The number of anilines is 1. The number of rotatable bonds is 2. The van der Waals surface area contributed by atoms with Gasteiger partial charge in [0.15, 0.2) is 5.15 Å². The van der Waals surface area contributed by atoms with E-state index in [4.69, 9.17) is 23.1 Å². The first-order valence-electron chi connectivity index (χ1n) is 3.20. The maximum absolute atomic E-state index is 5.63. The van der Waals surface area contributed by atoms with Crippen LogP contribution in [0.2, 0.25) is 5.15 Å². The summed E-state index contributed by atoms with van der Waals surface area (Å²) >= 11 is 5.63. The van der Waals surface area contributed by atoms with E-state index in [9.17, 15) is 0 Å². The van der Waals surface area contributed by atoms with Crippen molar-refractivity contribution >= 4 is 17.3 Å². The second-order valence-corrected chi connectivity index (χ2v) is 2.42. The molecule has 0 fully saturated rings. The fourth-order valence-corrected chi connectivity index (χ4v) is 0.896. The van der Waals surface area contributed by atoms with Gasteiger partial charge in [0.25, 0.3) is 0 Å². The first kappa shape index (κ1) is 8.23. The van der Waals surface area contributed by atoms with Crippen LogP contribution in [-0.4, -0.2) is 16.5 Å². The van der Waals surface area contributed by atoms with Crippen molar-refractivity contribution in [1.29, 1.82) is 0 Å². The summed E-state index contributed by atoms with van der Waals surface area (Å²) in [6.45, 7) is 0.511. The first-order chi connectivity index (χ1) is 5.25. The van der Waals surface area contributed by atoms with Gasteiger partial charge in [-0.25, -0.2) is 9.97 Å². The molecule has 1 aromatic rings. The lowest BCUT2D eigenvalue weighted by Gasteiger charge is -2.02. The molecule has 1 rings (SSSR count). The highest BCUT2D eigenvalue weighted by atomic mass is 35.5. The van der Waals surface area contributed by atoms with E-state index in [0.29, 0.717) is 29.5 Å². The number of aromatic nitrogens is 2. The van der Waals surface area contributed by atoms with E-state index in [-0.39, 0.29) is 0 Å². The van der Waals surface area contributed by atoms with Crippen molar-refractivity contribution in [3.05, 3.63) is 17.2 Å². The molecule has 0 saturated carbocycles. The maximum atomic E-state index is 5.63. The lowest BCUT2D eigenvalue weighted by Crippen LogP contribution is -2.08. The Kier molecular flexibility index (Phi) is 2.62. The average molecular weight is 173 g/mol. The van der Waals surface area contributed by atoms with Crippen LogP contribution >= 0.6 is 11.6 Å². The molecule has 0 unspecified atom stereocenters. The first-order valence-corrected chi connectivity index (χ1v) is 3.58. The molecule has 5 heteroatoms. The molecule has 60 valence electrons. The molecule has 0 aliphatic rings. The molecule has 4 N–H and O–H groups in total. The zero-order valence-corrected chi connectivity index (χ0v) is 6.67. The van der Waals surface area contributed by atoms with Crippen LogP contribution in [-0.2, 0) is 6.42 Å². The molecule has 0 bridgehead atoms. The number of nitrogen functional groups attached to an aromatic ring is 1. The zero-order chi connectivity index (χ0) is 8.27. The van der Waals surface area contributed by atoms with Crippen LogP contribution < -0.4 is 11.5 Å². The smallest absolute Gasteiger partial charge is 0.155 e. The Morgan fingerprint density at radius 1 is 1.45 bits per heavy atom. The van der Waals surface area contributed by atoms with E-state index in [0.717, 1.165) is 0 Å². The van der Waals surface area contributed by atoms with Gasteiger partial charge < -0.3 is 11.5 Å². The van der Waals surface area contributed by atoms with Gasteiger partial charge in [-0.3, -0.25) is 0 Å². The second kappa shape index (κ2) is 3.50. The SMILES string of the molecule is NCCc1ncnc(Cl)c1N. The fourth-order valence-electron chi connectivity index (χ4n) is 0.743. The van der Waals surface area contributed by atoms with E-state index in [2.05, 4.69) is 9.97 Å². The molecule has 0 atom stereocenters. The van der Waals surface area contributed by atoms with Crippen LogP contribution in [0.25, 0.3) is 0 Å². The minimum absolute atomic E-state index is 0.295. The Labute approximate surface area is 69.6 Å². The van der Waals surface area contributed by atoms with Gasteiger partial charge in [-0.1, -0.05) is 11.6 Å². The lowest BCUT2D eigenvalue weighted by molar-refractivity contribution is 0.914. The van der Waals surface area contributed by atoms with Crippen LogP contribution in [0.4, 0.5) is 5.69 Å². The van der Waals surface area contributed by atoms with Gasteiger partial charge >= 0.3 is 0 Å². The van der Waals surface area contributed by atoms with Gasteiger partial charge in [0, 0.05) is 6.42 Å². The Morgan fingerprint density at radius 2 is 2.18 bits per heavy atom. The predicted octanol–water partition coefficient (Wildman–Crippen LogP) is 0.213. The van der Waals surface area contributed by atoms with Crippen molar-refractivity contribution in [2.75, 3.05) is 12.3 Å². The molecule has 1 aromatic heterocycles. The van der Waals surface area contributed by atoms with Crippen LogP contribution in [0.3, 0.4) is 0 Å². The normalized spacial score (nSPS) is 10.0. The summed E-state index contributed by atoms with van der Waals surface area (Å²) in [4.78, 5) is 7.64. The third kappa shape index (κ3) is 1.78. The monoisotopic (exact) mass is 172 g/mol. The van der Waals surface area contributed by atoms with Gasteiger partial charge in [0.1, 0.15) is 6.33 Å². The molecule has 0 spiro atoms. The molecule has 0 aliphatic carbocycles. The molecular formula is C6H9ClN4. The van der Waals surface area contributed by atoms with Crippen LogP contribution in [0.1, 0.15) is 5.69 Å². The summed E-state index contributed by atoms with van der Waals surface area (Å²) in [6.07, 6.45) is 2.01. The van der Waals surface area contributed by atoms with Crippen molar-refractivity contribution < 1.29 is 0 Å². The number of halogens is 1. The summed E-state index contributed by atoms with van der Waals surface area (Å²) < 4.78 is 0. The van der Waals surface area contributed by atoms with Crippen LogP contribution in [0.5, 0.6) is 0 Å². The molecule has 0 aromatic carbocycles. The van der Waals surface area contributed by atoms with E-state index in [1.54, 1.807) is 0 Å². The maximum Gasteiger partial charge on any atom is 0.155 e. The average Bonchev–Trinajstić information content (AvgIpc) is 1.99. The molecule has 0 amide bonds. The molecule has 0 aliphatic heterocycles. The third-order valence-corrected chi connectivity index (χ3v) is 1.60. The summed E-state index contributed by atoms with van der Waals surface area (Å²) in [7, 11) is 0. The topological polar surface area (TPSA) is 77.8 Å². The lowest BCUT2D eigenvalue weighted by atomic mass is 10.2. The van der Waals surface area contributed by atoms with Gasteiger partial charge in [-0.2, -0.15) is 0 Å². The van der Waals surface area contributed by atoms with Gasteiger partial charge in [0.2, 0.25) is 0 Å². The molecule has 11 heavy (non-hydrogen) atoms. The van der Waals surface area contributed by atoms with Crippen molar-refractivity contribution in [3.8, 4) is 0 Å². The largest absolute Gasteiger partial charge is 0.395 e. The minimum atomic E-state index is 0.295. The van der Waals surface area contributed by atoms with Gasteiger partial charge in [0.05, 0.1) is 11.4 Å². The van der Waals surface area contributed by atoms with E-state index in [1.165, 1.54) is 6.33 Å². The van der Waals surface area contributed by atoms with Crippen molar-refractivity contribution in [2.24, 2.45) is 5.73 Å². The highest BCUT2D eigenvalue weighted by molar-refractivity contribution is 6.31. The van der Waals surface area contributed by atoms with Crippen LogP contribution in [0, 0.1) is 0 Å². The summed E-state index contributed by atoms with van der Waals surface area (Å²) in [5, 5.41) is 0.295.